The van der Waals surface area contributed by atoms with Crippen LogP contribution in [0.1, 0.15) is 57.4 Å². The third kappa shape index (κ3) is 6.59. The number of benzene rings is 3. The normalized spacial score (nSPS) is 18.1. The zero-order chi connectivity index (χ0) is 36.9. The fourth-order valence-corrected chi connectivity index (χ4v) is 8.65. The SMILES string of the molecule is Cc1cc(C(=O)N2Cc3c(C(=O)NCc4ccccc4-c4ccncn4)n(-c4ccc(N5CCC6(CC5)CN(C)C6)cc4)c(=O)n3C[C@H]2C)ccc1Br. The van der Waals surface area contributed by atoms with Crippen molar-refractivity contribution in [1.82, 2.24) is 34.2 Å². The molecule has 3 aliphatic heterocycles. The number of aromatic nitrogens is 4. The number of hydrogen-bond acceptors (Lipinski definition) is 7. The van der Waals surface area contributed by atoms with E-state index in [2.05, 4.69) is 60.2 Å². The average molecular weight is 776 g/mol. The van der Waals surface area contributed by atoms with Crippen LogP contribution in [0.2, 0.25) is 0 Å². The van der Waals surface area contributed by atoms with Gasteiger partial charge in [-0.15, -0.1) is 0 Å². The molecule has 0 saturated carbocycles. The van der Waals surface area contributed by atoms with Crippen LogP contribution in [-0.2, 0) is 19.6 Å². The molecule has 272 valence electrons. The maximum absolute atomic E-state index is 14.5. The first-order valence-corrected chi connectivity index (χ1v) is 19.0. The molecular weight excluding hydrogens is 732 g/mol. The quantitative estimate of drug-likeness (QED) is 0.227. The van der Waals surface area contributed by atoms with E-state index >= 15 is 0 Å². The Balaban J connectivity index is 1.13. The Labute approximate surface area is 317 Å². The summed E-state index contributed by atoms with van der Waals surface area (Å²) in [6, 6.07) is 22.8. The molecule has 2 saturated heterocycles. The molecule has 5 heterocycles. The van der Waals surface area contributed by atoms with Gasteiger partial charge in [0.2, 0.25) is 0 Å². The molecule has 2 aromatic heterocycles. The van der Waals surface area contributed by atoms with Gasteiger partial charge < -0.3 is 20.0 Å². The van der Waals surface area contributed by atoms with Gasteiger partial charge in [0.15, 0.2) is 0 Å². The van der Waals surface area contributed by atoms with Crippen molar-refractivity contribution in [1.29, 1.82) is 0 Å². The fourth-order valence-electron chi connectivity index (χ4n) is 8.41. The second kappa shape index (κ2) is 14.1. The number of rotatable bonds is 7. The molecule has 2 fully saturated rings. The van der Waals surface area contributed by atoms with Crippen LogP contribution >= 0.6 is 15.9 Å². The van der Waals surface area contributed by atoms with Crippen molar-refractivity contribution in [2.24, 2.45) is 5.41 Å². The minimum atomic E-state index is -0.398. The summed E-state index contributed by atoms with van der Waals surface area (Å²) in [6.07, 6.45) is 5.53. The van der Waals surface area contributed by atoms with Gasteiger partial charge >= 0.3 is 5.69 Å². The van der Waals surface area contributed by atoms with Gasteiger partial charge in [-0.3, -0.25) is 18.7 Å². The number of fused-ring (bicyclic) bond motifs is 1. The zero-order valence-electron chi connectivity index (χ0n) is 30.3. The average Bonchev–Trinajstić information content (AvgIpc) is 3.45. The van der Waals surface area contributed by atoms with Gasteiger partial charge in [-0.1, -0.05) is 40.2 Å². The summed E-state index contributed by atoms with van der Waals surface area (Å²) < 4.78 is 4.11. The number of amides is 2. The number of piperidine rings is 1. The van der Waals surface area contributed by atoms with Gasteiger partial charge in [-0.05, 0) is 98.8 Å². The molecule has 0 aliphatic carbocycles. The zero-order valence-corrected chi connectivity index (χ0v) is 31.8. The number of hydrogen-bond donors (Lipinski definition) is 1. The van der Waals surface area contributed by atoms with E-state index in [1.165, 1.54) is 36.8 Å². The largest absolute Gasteiger partial charge is 0.371 e. The van der Waals surface area contributed by atoms with Crippen LogP contribution < -0.4 is 15.9 Å². The Bertz CT molecular complexity index is 2230. The third-order valence-electron chi connectivity index (χ3n) is 11.2. The van der Waals surface area contributed by atoms with Crippen LogP contribution in [-0.4, -0.2) is 80.0 Å². The highest BCUT2D eigenvalue weighted by Gasteiger charge is 2.43. The summed E-state index contributed by atoms with van der Waals surface area (Å²) in [7, 11) is 2.19. The molecule has 3 aliphatic rings. The van der Waals surface area contributed by atoms with Crippen LogP contribution in [0.25, 0.3) is 16.9 Å². The maximum Gasteiger partial charge on any atom is 0.333 e. The molecule has 5 aromatic rings. The van der Waals surface area contributed by atoms with Crippen molar-refractivity contribution in [2.75, 3.05) is 38.1 Å². The first-order valence-electron chi connectivity index (χ1n) is 18.2. The Kier molecular flexibility index (Phi) is 9.28. The van der Waals surface area contributed by atoms with E-state index in [-0.39, 0.29) is 43.0 Å². The van der Waals surface area contributed by atoms with E-state index in [4.69, 9.17) is 0 Å². The topological polar surface area (TPSA) is 109 Å². The van der Waals surface area contributed by atoms with E-state index in [9.17, 15) is 14.4 Å². The maximum atomic E-state index is 14.5. The van der Waals surface area contributed by atoms with Gasteiger partial charge in [-0.25, -0.2) is 14.8 Å². The predicted octanol–water partition coefficient (Wildman–Crippen LogP) is 5.67. The van der Waals surface area contributed by atoms with Gasteiger partial charge in [0.05, 0.1) is 23.6 Å². The number of likely N-dealkylation sites (tertiary alicyclic amines) is 1. The lowest BCUT2D eigenvalue weighted by Gasteiger charge is -2.53. The van der Waals surface area contributed by atoms with E-state index < -0.39 is 5.91 Å². The van der Waals surface area contributed by atoms with Crippen molar-refractivity contribution in [2.45, 2.75) is 52.4 Å². The van der Waals surface area contributed by atoms with Crippen LogP contribution in [0.3, 0.4) is 0 Å². The van der Waals surface area contributed by atoms with Crippen molar-refractivity contribution < 1.29 is 9.59 Å². The summed E-state index contributed by atoms with van der Waals surface area (Å²) in [6.45, 7) is 8.81. The number of carbonyl (C=O) groups is 2. The van der Waals surface area contributed by atoms with Crippen molar-refractivity contribution in [3.63, 3.8) is 0 Å². The third-order valence-corrected chi connectivity index (χ3v) is 12.1. The molecule has 12 heteroatoms. The molecule has 53 heavy (non-hydrogen) atoms. The number of nitrogens with one attached hydrogen (secondary N) is 1. The van der Waals surface area contributed by atoms with Crippen LogP contribution in [0, 0.1) is 12.3 Å². The van der Waals surface area contributed by atoms with Crippen molar-refractivity contribution in [3.05, 3.63) is 128 Å². The molecule has 0 radical (unpaired) electrons. The number of imidazole rings is 1. The Morgan fingerprint density at radius 1 is 0.981 bits per heavy atom. The lowest BCUT2D eigenvalue weighted by molar-refractivity contribution is 0.00132. The number of aryl methyl sites for hydroxylation is 1. The fraction of sp³-hybridized carbons (Fsp3) is 0.341. The lowest BCUT2D eigenvalue weighted by Crippen LogP contribution is -2.58. The Morgan fingerprint density at radius 3 is 2.42 bits per heavy atom. The van der Waals surface area contributed by atoms with E-state index in [0.29, 0.717) is 22.4 Å². The monoisotopic (exact) mass is 774 g/mol. The Morgan fingerprint density at radius 2 is 1.72 bits per heavy atom. The minimum absolute atomic E-state index is 0.112. The standard InChI is InChI=1S/C41H43BrN8O3/c1-27-20-29(8-13-34(27)42)39(52)48-23-36-37(38(51)44-21-30-6-4-5-7-33(30)35-14-17-43-26-45-35)50(40(53)49(36)22-28(48)2)32-11-9-31(10-12-32)47-18-15-41(16-19-47)24-46(3)25-41/h4-14,17,20,26,28H,15-16,18-19,21-25H2,1-3H3,(H,44,51)/t28-/m1/s1. The van der Waals surface area contributed by atoms with E-state index in [1.807, 2.05) is 68.4 Å². The molecule has 11 nitrogen and oxygen atoms in total. The van der Waals surface area contributed by atoms with Crippen LogP contribution in [0.4, 0.5) is 5.69 Å². The summed E-state index contributed by atoms with van der Waals surface area (Å²) >= 11 is 3.53. The first kappa shape index (κ1) is 35.0. The summed E-state index contributed by atoms with van der Waals surface area (Å²) in [4.78, 5) is 57.8. The highest BCUT2D eigenvalue weighted by Crippen LogP contribution is 2.40. The highest BCUT2D eigenvalue weighted by molar-refractivity contribution is 9.10. The molecule has 1 N–H and O–H groups in total. The van der Waals surface area contributed by atoms with Crippen molar-refractivity contribution >= 4 is 33.4 Å². The smallest absolute Gasteiger partial charge is 0.333 e. The van der Waals surface area contributed by atoms with Gasteiger partial charge in [0.1, 0.15) is 12.0 Å². The number of halogens is 1. The molecule has 0 unspecified atom stereocenters. The van der Waals surface area contributed by atoms with E-state index in [0.717, 1.165) is 45.6 Å². The molecular formula is C41H43BrN8O3. The minimum Gasteiger partial charge on any atom is -0.371 e. The highest BCUT2D eigenvalue weighted by atomic mass is 79.9. The molecule has 1 atom stereocenters. The number of nitrogens with zero attached hydrogens (tertiary/aromatic N) is 7. The second-order valence-electron chi connectivity index (χ2n) is 14.9. The predicted molar refractivity (Wildman–Crippen MR) is 208 cm³/mol. The van der Waals surface area contributed by atoms with Gasteiger partial charge in [0.25, 0.3) is 11.8 Å². The number of carbonyl (C=O) groups excluding carboxylic acids is 2. The lowest BCUT2D eigenvalue weighted by atomic mass is 9.72. The van der Waals surface area contributed by atoms with E-state index in [1.54, 1.807) is 21.7 Å². The molecule has 2 amide bonds. The van der Waals surface area contributed by atoms with Crippen LogP contribution in [0.15, 0.2) is 94.6 Å². The number of anilines is 1. The first-order chi connectivity index (χ1) is 25.6. The van der Waals surface area contributed by atoms with Crippen LogP contribution in [0.5, 0.6) is 0 Å². The van der Waals surface area contributed by atoms with Gasteiger partial charge in [0, 0.05) is 72.8 Å². The molecule has 8 rings (SSSR count). The second-order valence-corrected chi connectivity index (χ2v) is 15.7. The van der Waals surface area contributed by atoms with Gasteiger partial charge in [-0.2, -0.15) is 0 Å². The summed E-state index contributed by atoms with van der Waals surface area (Å²) in [5.41, 5.74) is 6.61. The molecule has 3 aromatic carbocycles. The summed E-state index contributed by atoms with van der Waals surface area (Å²) in [5, 5.41) is 3.11. The molecule has 1 spiro atoms. The van der Waals surface area contributed by atoms with Crippen molar-refractivity contribution in [3.8, 4) is 16.9 Å². The summed E-state index contributed by atoms with van der Waals surface area (Å²) in [5.74, 6) is -0.545. The Hall–Kier alpha value is -5.07. The molecule has 0 bridgehead atoms.